The summed E-state index contributed by atoms with van der Waals surface area (Å²) in [6, 6.07) is 8.12. The number of hydrogen-bond donors (Lipinski definition) is 2. The molecule has 0 saturated carbocycles. The average molecular weight is 267 g/mol. The smallest absolute Gasteiger partial charge is 0.221 e. The zero-order valence-corrected chi connectivity index (χ0v) is 11.2. The van der Waals surface area contributed by atoms with Crippen molar-refractivity contribution in [1.82, 2.24) is 10.6 Å². The Morgan fingerprint density at radius 3 is 3.11 bits per heavy atom. The van der Waals surface area contributed by atoms with Gasteiger partial charge in [0.25, 0.3) is 0 Å². The number of amides is 1. The first-order chi connectivity index (χ1) is 8.74. The van der Waals surface area contributed by atoms with Gasteiger partial charge in [-0.05, 0) is 43.5 Å². The van der Waals surface area contributed by atoms with Crippen molar-refractivity contribution in [3.05, 3.63) is 34.9 Å². The van der Waals surface area contributed by atoms with Gasteiger partial charge in [0.05, 0.1) is 0 Å². The minimum Gasteiger partial charge on any atom is -0.356 e. The van der Waals surface area contributed by atoms with Crippen molar-refractivity contribution >= 4 is 17.5 Å². The molecule has 1 aliphatic rings. The number of carbonyl (C=O) groups excluding carboxylic acids is 1. The van der Waals surface area contributed by atoms with Crippen LogP contribution in [0.4, 0.5) is 0 Å². The lowest BCUT2D eigenvalue weighted by atomic mass is 10.1. The van der Waals surface area contributed by atoms with E-state index < -0.39 is 0 Å². The Labute approximate surface area is 113 Å². The Morgan fingerprint density at radius 1 is 1.50 bits per heavy atom. The van der Waals surface area contributed by atoms with Crippen molar-refractivity contribution in [2.24, 2.45) is 0 Å². The van der Waals surface area contributed by atoms with Crippen molar-refractivity contribution in [3.63, 3.8) is 0 Å². The highest BCUT2D eigenvalue weighted by Gasteiger charge is 2.16. The highest BCUT2D eigenvalue weighted by Crippen LogP contribution is 2.11. The van der Waals surface area contributed by atoms with E-state index in [0.29, 0.717) is 19.0 Å². The maximum Gasteiger partial charge on any atom is 0.221 e. The van der Waals surface area contributed by atoms with Crippen molar-refractivity contribution in [2.75, 3.05) is 13.1 Å². The SMILES string of the molecule is O=C(CC1CCCN1)NCCc1cccc(Cl)c1. The highest BCUT2D eigenvalue weighted by molar-refractivity contribution is 6.30. The second-order valence-electron chi connectivity index (χ2n) is 4.73. The van der Waals surface area contributed by atoms with Gasteiger partial charge in [-0.1, -0.05) is 23.7 Å². The van der Waals surface area contributed by atoms with Gasteiger partial charge in [-0.15, -0.1) is 0 Å². The van der Waals surface area contributed by atoms with E-state index >= 15 is 0 Å². The molecule has 1 atom stereocenters. The van der Waals surface area contributed by atoms with Gasteiger partial charge in [-0.3, -0.25) is 4.79 Å². The van der Waals surface area contributed by atoms with Gasteiger partial charge in [0.15, 0.2) is 0 Å². The first-order valence-electron chi connectivity index (χ1n) is 6.48. The Kier molecular flexibility index (Phi) is 5.02. The quantitative estimate of drug-likeness (QED) is 0.857. The molecule has 3 nitrogen and oxygen atoms in total. The van der Waals surface area contributed by atoms with Gasteiger partial charge in [0, 0.05) is 24.0 Å². The van der Waals surface area contributed by atoms with Crippen LogP contribution in [0, 0.1) is 0 Å². The third-order valence-electron chi connectivity index (χ3n) is 3.22. The zero-order valence-electron chi connectivity index (χ0n) is 10.4. The van der Waals surface area contributed by atoms with Crippen LogP contribution in [0.1, 0.15) is 24.8 Å². The van der Waals surface area contributed by atoms with Crippen LogP contribution in [0.15, 0.2) is 24.3 Å². The van der Waals surface area contributed by atoms with Crippen LogP contribution in [0.3, 0.4) is 0 Å². The molecule has 1 heterocycles. The average Bonchev–Trinajstić information content (AvgIpc) is 2.82. The van der Waals surface area contributed by atoms with Crippen LogP contribution in [-0.4, -0.2) is 25.0 Å². The molecule has 2 N–H and O–H groups in total. The standard InChI is InChI=1S/C14H19ClN2O/c15-12-4-1-3-11(9-12)6-8-17-14(18)10-13-5-2-7-16-13/h1,3-4,9,13,16H,2,5-8,10H2,(H,17,18). The Hall–Kier alpha value is -1.06. The van der Waals surface area contributed by atoms with Crippen LogP contribution >= 0.6 is 11.6 Å². The van der Waals surface area contributed by atoms with E-state index in [1.807, 2.05) is 24.3 Å². The van der Waals surface area contributed by atoms with E-state index in [1.165, 1.54) is 6.42 Å². The topological polar surface area (TPSA) is 41.1 Å². The predicted molar refractivity (Wildman–Crippen MR) is 73.8 cm³/mol. The molecule has 18 heavy (non-hydrogen) atoms. The number of halogens is 1. The number of nitrogens with one attached hydrogen (secondary N) is 2. The summed E-state index contributed by atoms with van der Waals surface area (Å²) in [5.41, 5.74) is 1.15. The lowest BCUT2D eigenvalue weighted by Gasteiger charge is -2.10. The molecule has 1 fully saturated rings. The first-order valence-corrected chi connectivity index (χ1v) is 6.86. The summed E-state index contributed by atoms with van der Waals surface area (Å²) in [4.78, 5) is 11.7. The zero-order chi connectivity index (χ0) is 12.8. The molecular formula is C14H19ClN2O. The molecule has 0 spiro atoms. The second-order valence-corrected chi connectivity index (χ2v) is 5.16. The summed E-state index contributed by atoms with van der Waals surface area (Å²) in [7, 11) is 0. The van der Waals surface area contributed by atoms with E-state index in [0.717, 1.165) is 30.0 Å². The molecule has 2 rings (SSSR count). The van der Waals surface area contributed by atoms with Crippen molar-refractivity contribution in [1.29, 1.82) is 0 Å². The van der Waals surface area contributed by atoms with Gasteiger partial charge >= 0.3 is 0 Å². The Balaban J connectivity index is 1.66. The van der Waals surface area contributed by atoms with E-state index in [2.05, 4.69) is 10.6 Å². The second kappa shape index (κ2) is 6.76. The largest absolute Gasteiger partial charge is 0.356 e. The molecule has 0 radical (unpaired) electrons. The normalized spacial score (nSPS) is 18.8. The van der Waals surface area contributed by atoms with Gasteiger partial charge in [-0.2, -0.15) is 0 Å². The lowest BCUT2D eigenvalue weighted by Crippen LogP contribution is -2.32. The predicted octanol–water partition coefficient (Wildman–Crippen LogP) is 2.14. The summed E-state index contributed by atoms with van der Waals surface area (Å²) in [6.45, 7) is 1.71. The molecule has 1 aliphatic heterocycles. The number of benzene rings is 1. The van der Waals surface area contributed by atoms with Crippen molar-refractivity contribution in [3.8, 4) is 0 Å². The molecule has 98 valence electrons. The van der Waals surface area contributed by atoms with E-state index in [9.17, 15) is 4.79 Å². The molecule has 1 aromatic rings. The summed E-state index contributed by atoms with van der Waals surface area (Å²) < 4.78 is 0. The molecule has 1 amide bonds. The van der Waals surface area contributed by atoms with Crippen molar-refractivity contribution in [2.45, 2.75) is 31.7 Å². The third kappa shape index (κ3) is 4.31. The fraction of sp³-hybridized carbons (Fsp3) is 0.500. The van der Waals surface area contributed by atoms with E-state index in [4.69, 9.17) is 11.6 Å². The number of carbonyl (C=O) groups is 1. The molecule has 0 aromatic heterocycles. The van der Waals surface area contributed by atoms with Crippen LogP contribution in [0.25, 0.3) is 0 Å². The Morgan fingerprint density at radius 2 is 2.39 bits per heavy atom. The number of hydrogen-bond acceptors (Lipinski definition) is 2. The van der Waals surface area contributed by atoms with Crippen LogP contribution in [0.5, 0.6) is 0 Å². The summed E-state index contributed by atoms with van der Waals surface area (Å²) in [5, 5.41) is 7.02. The molecular weight excluding hydrogens is 248 g/mol. The molecule has 0 bridgehead atoms. The van der Waals surface area contributed by atoms with Crippen LogP contribution < -0.4 is 10.6 Å². The Bertz CT molecular complexity index is 403. The lowest BCUT2D eigenvalue weighted by molar-refractivity contribution is -0.121. The maximum absolute atomic E-state index is 11.7. The molecule has 0 aliphatic carbocycles. The monoisotopic (exact) mass is 266 g/mol. The minimum atomic E-state index is 0.136. The molecule has 4 heteroatoms. The molecule has 1 unspecified atom stereocenters. The van der Waals surface area contributed by atoms with Gasteiger partial charge in [0.2, 0.25) is 5.91 Å². The van der Waals surface area contributed by atoms with Crippen LogP contribution in [-0.2, 0) is 11.2 Å². The molecule has 1 saturated heterocycles. The summed E-state index contributed by atoms with van der Waals surface area (Å²) in [6.07, 6.45) is 3.71. The van der Waals surface area contributed by atoms with E-state index in [-0.39, 0.29) is 5.91 Å². The fourth-order valence-corrected chi connectivity index (χ4v) is 2.48. The van der Waals surface area contributed by atoms with Gasteiger partial charge in [0.1, 0.15) is 0 Å². The molecule has 1 aromatic carbocycles. The number of rotatable bonds is 5. The highest BCUT2D eigenvalue weighted by atomic mass is 35.5. The maximum atomic E-state index is 11.7. The van der Waals surface area contributed by atoms with Gasteiger partial charge in [-0.25, -0.2) is 0 Å². The fourth-order valence-electron chi connectivity index (χ4n) is 2.27. The van der Waals surface area contributed by atoms with E-state index in [1.54, 1.807) is 0 Å². The third-order valence-corrected chi connectivity index (χ3v) is 3.45. The summed E-state index contributed by atoms with van der Waals surface area (Å²) >= 11 is 5.90. The van der Waals surface area contributed by atoms with Gasteiger partial charge < -0.3 is 10.6 Å². The van der Waals surface area contributed by atoms with Crippen molar-refractivity contribution < 1.29 is 4.79 Å². The van der Waals surface area contributed by atoms with Crippen LogP contribution in [0.2, 0.25) is 5.02 Å². The summed E-state index contributed by atoms with van der Waals surface area (Å²) in [5.74, 6) is 0.136. The first kappa shape index (κ1) is 13.4. The minimum absolute atomic E-state index is 0.136.